The molecule has 102 valence electrons. The molecule has 19 heavy (non-hydrogen) atoms. The average molecular weight is 259 g/mol. The van der Waals surface area contributed by atoms with Crippen molar-refractivity contribution in [3.63, 3.8) is 0 Å². The predicted molar refractivity (Wildman–Crippen MR) is 76.7 cm³/mol. The Morgan fingerprint density at radius 2 is 2.00 bits per heavy atom. The van der Waals surface area contributed by atoms with Crippen LogP contribution in [0.15, 0.2) is 30.3 Å². The van der Waals surface area contributed by atoms with E-state index in [-0.39, 0.29) is 5.97 Å². The number of benzene rings is 1. The van der Waals surface area contributed by atoms with Gasteiger partial charge in [-0.1, -0.05) is 37.0 Å². The minimum absolute atomic E-state index is 0.183. The van der Waals surface area contributed by atoms with Gasteiger partial charge in [-0.2, -0.15) is 0 Å². The number of carbonyl (C=O) groups is 1. The van der Waals surface area contributed by atoms with E-state index < -0.39 is 0 Å². The Hall–Kier alpha value is -1.79. The number of hydrogen-bond donors (Lipinski definition) is 0. The summed E-state index contributed by atoms with van der Waals surface area (Å²) in [4.78, 5) is 13.5. The summed E-state index contributed by atoms with van der Waals surface area (Å²) >= 11 is 0. The van der Waals surface area contributed by atoms with E-state index in [9.17, 15) is 4.79 Å². The fourth-order valence-electron chi connectivity index (χ4n) is 1.69. The van der Waals surface area contributed by atoms with Gasteiger partial charge in [-0.15, -0.1) is 0 Å². The Labute approximate surface area is 115 Å². The van der Waals surface area contributed by atoms with E-state index >= 15 is 0 Å². The second kappa shape index (κ2) is 9.18. The van der Waals surface area contributed by atoms with E-state index in [1.54, 1.807) is 0 Å². The molecule has 0 N–H and O–H groups in total. The molecule has 3 heteroatoms. The molecule has 1 aromatic rings. The summed E-state index contributed by atoms with van der Waals surface area (Å²) in [5, 5.41) is 0. The fourth-order valence-corrected chi connectivity index (χ4v) is 1.69. The first-order valence-corrected chi connectivity index (χ1v) is 6.68. The van der Waals surface area contributed by atoms with E-state index in [1.165, 1.54) is 0 Å². The summed E-state index contributed by atoms with van der Waals surface area (Å²) in [5.41, 5.74) is 0.995. The summed E-state index contributed by atoms with van der Waals surface area (Å²) in [6.07, 6.45) is 0.992. The van der Waals surface area contributed by atoms with Crippen LogP contribution < -0.4 is 0 Å². The van der Waals surface area contributed by atoms with E-state index in [2.05, 4.69) is 18.8 Å². The molecule has 0 bridgehead atoms. The van der Waals surface area contributed by atoms with Gasteiger partial charge in [-0.25, -0.2) is 0 Å². The molecule has 0 radical (unpaired) electrons. The van der Waals surface area contributed by atoms with Crippen molar-refractivity contribution in [1.82, 2.24) is 4.90 Å². The molecule has 0 aliphatic heterocycles. The van der Waals surface area contributed by atoms with Crippen molar-refractivity contribution < 1.29 is 9.53 Å². The molecule has 0 aromatic heterocycles. The summed E-state index contributed by atoms with van der Waals surface area (Å²) < 4.78 is 4.95. The maximum absolute atomic E-state index is 11.4. The van der Waals surface area contributed by atoms with Gasteiger partial charge < -0.3 is 4.74 Å². The molecule has 0 aliphatic rings. The van der Waals surface area contributed by atoms with Gasteiger partial charge in [0.2, 0.25) is 0 Å². The molecule has 1 rings (SSSR count). The zero-order valence-electron chi connectivity index (χ0n) is 11.7. The quantitative estimate of drug-likeness (QED) is 0.580. The molecule has 0 unspecified atom stereocenters. The molecule has 0 saturated carbocycles. The zero-order valence-corrected chi connectivity index (χ0v) is 11.7. The van der Waals surface area contributed by atoms with Gasteiger partial charge in [0.1, 0.15) is 0 Å². The minimum atomic E-state index is -0.183. The SMILES string of the molecule is CCCN(CC#Cc1ccccc1)CC(=O)OCC. The normalized spacial score (nSPS) is 9.84. The number of hydrogen-bond acceptors (Lipinski definition) is 3. The first-order valence-electron chi connectivity index (χ1n) is 6.68. The standard InChI is InChI=1S/C16H21NO2/c1-3-12-17(14-16(18)19-4-2)13-8-11-15-9-6-5-7-10-15/h5-7,9-10H,3-4,12-14H2,1-2H3. The van der Waals surface area contributed by atoms with Crippen LogP contribution in [-0.4, -0.2) is 37.1 Å². The Kier molecular flexibility index (Phi) is 7.38. The lowest BCUT2D eigenvalue weighted by atomic mass is 10.2. The lowest BCUT2D eigenvalue weighted by Gasteiger charge is -2.17. The molecule has 0 saturated heterocycles. The van der Waals surface area contributed by atoms with Crippen molar-refractivity contribution >= 4 is 5.97 Å². The van der Waals surface area contributed by atoms with Crippen LogP contribution in [0.25, 0.3) is 0 Å². The highest BCUT2D eigenvalue weighted by Crippen LogP contribution is 1.96. The Bertz CT molecular complexity index is 431. The van der Waals surface area contributed by atoms with E-state index in [1.807, 2.05) is 42.2 Å². The van der Waals surface area contributed by atoms with Gasteiger partial charge in [0.25, 0.3) is 0 Å². The first-order chi connectivity index (χ1) is 9.26. The van der Waals surface area contributed by atoms with Crippen molar-refractivity contribution in [3.8, 4) is 11.8 Å². The van der Waals surface area contributed by atoms with Gasteiger partial charge in [-0.3, -0.25) is 9.69 Å². The van der Waals surface area contributed by atoms with Crippen LogP contribution in [0.4, 0.5) is 0 Å². The third kappa shape index (κ3) is 6.64. The molecular weight excluding hydrogens is 238 g/mol. The van der Waals surface area contributed by atoms with Crippen molar-refractivity contribution in [1.29, 1.82) is 0 Å². The van der Waals surface area contributed by atoms with Gasteiger partial charge in [-0.05, 0) is 32.0 Å². The Balaban J connectivity index is 2.50. The fraction of sp³-hybridized carbons (Fsp3) is 0.438. The number of carbonyl (C=O) groups excluding carboxylic acids is 1. The summed E-state index contributed by atoms with van der Waals surface area (Å²) in [6, 6.07) is 9.85. The second-order valence-corrected chi connectivity index (χ2v) is 4.18. The van der Waals surface area contributed by atoms with Gasteiger partial charge >= 0.3 is 5.97 Å². The average Bonchev–Trinajstić information content (AvgIpc) is 2.40. The highest BCUT2D eigenvalue weighted by atomic mass is 16.5. The highest BCUT2D eigenvalue weighted by molar-refractivity contribution is 5.71. The number of esters is 1. The summed E-state index contributed by atoms with van der Waals surface area (Å²) in [7, 11) is 0. The van der Waals surface area contributed by atoms with Crippen LogP contribution in [0.2, 0.25) is 0 Å². The van der Waals surface area contributed by atoms with Crippen molar-refractivity contribution in [2.24, 2.45) is 0 Å². The largest absolute Gasteiger partial charge is 0.465 e. The maximum atomic E-state index is 11.4. The predicted octanol–water partition coefficient (Wildman–Crippen LogP) is 2.31. The van der Waals surface area contributed by atoms with Gasteiger partial charge in [0.15, 0.2) is 0 Å². The molecule has 0 atom stereocenters. The van der Waals surface area contributed by atoms with Crippen molar-refractivity contribution in [3.05, 3.63) is 35.9 Å². The van der Waals surface area contributed by atoms with Gasteiger partial charge in [0.05, 0.1) is 19.7 Å². The third-order valence-corrected chi connectivity index (χ3v) is 2.51. The number of ether oxygens (including phenoxy) is 1. The molecule has 3 nitrogen and oxygen atoms in total. The van der Waals surface area contributed by atoms with Gasteiger partial charge in [0, 0.05) is 5.56 Å². The zero-order chi connectivity index (χ0) is 13.9. The van der Waals surface area contributed by atoms with Crippen molar-refractivity contribution in [2.75, 3.05) is 26.2 Å². The molecule has 0 heterocycles. The third-order valence-electron chi connectivity index (χ3n) is 2.51. The molecule has 0 spiro atoms. The lowest BCUT2D eigenvalue weighted by molar-refractivity contribution is -0.144. The number of nitrogens with zero attached hydrogens (tertiary/aromatic N) is 1. The lowest BCUT2D eigenvalue weighted by Crippen LogP contribution is -2.32. The molecule has 0 fully saturated rings. The summed E-state index contributed by atoms with van der Waals surface area (Å²) in [6.45, 7) is 6.07. The van der Waals surface area contributed by atoms with E-state index in [0.29, 0.717) is 19.7 Å². The first kappa shape index (κ1) is 15.3. The second-order valence-electron chi connectivity index (χ2n) is 4.18. The van der Waals surface area contributed by atoms with E-state index in [0.717, 1.165) is 18.5 Å². The molecule has 0 aliphatic carbocycles. The Morgan fingerprint density at radius 1 is 1.26 bits per heavy atom. The monoisotopic (exact) mass is 259 g/mol. The molecule has 1 aromatic carbocycles. The smallest absolute Gasteiger partial charge is 0.320 e. The maximum Gasteiger partial charge on any atom is 0.320 e. The van der Waals surface area contributed by atoms with Crippen LogP contribution >= 0.6 is 0 Å². The highest BCUT2D eigenvalue weighted by Gasteiger charge is 2.08. The Morgan fingerprint density at radius 3 is 2.63 bits per heavy atom. The summed E-state index contributed by atoms with van der Waals surface area (Å²) in [5.74, 6) is 6.01. The van der Waals surface area contributed by atoms with Crippen LogP contribution in [0, 0.1) is 11.8 Å². The topological polar surface area (TPSA) is 29.5 Å². The van der Waals surface area contributed by atoms with Crippen molar-refractivity contribution in [2.45, 2.75) is 20.3 Å². The molecular formula is C16H21NO2. The minimum Gasteiger partial charge on any atom is -0.465 e. The van der Waals surface area contributed by atoms with E-state index in [4.69, 9.17) is 4.74 Å². The molecule has 0 amide bonds. The number of rotatable bonds is 6. The van der Waals surface area contributed by atoms with Crippen LogP contribution in [0.1, 0.15) is 25.8 Å². The van der Waals surface area contributed by atoms with Crippen LogP contribution in [0.5, 0.6) is 0 Å². The van der Waals surface area contributed by atoms with Crippen LogP contribution in [0.3, 0.4) is 0 Å². The van der Waals surface area contributed by atoms with Crippen LogP contribution in [-0.2, 0) is 9.53 Å².